The molecule has 0 spiro atoms. The van der Waals surface area contributed by atoms with Crippen molar-refractivity contribution in [1.29, 1.82) is 0 Å². The molecule has 0 bridgehead atoms. The molecule has 0 aromatic heterocycles. The van der Waals surface area contributed by atoms with Crippen LogP contribution in [-0.4, -0.2) is 5.91 Å². The van der Waals surface area contributed by atoms with Crippen molar-refractivity contribution >= 4 is 28.8 Å². The average Bonchev–Trinajstić information content (AvgIpc) is 2.02. The smallest absolute Gasteiger partial charge is 0.229 e. The van der Waals surface area contributed by atoms with Crippen LogP contribution >= 0.6 is 22.9 Å². The van der Waals surface area contributed by atoms with Crippen molar-refractivity contribution in [2.45, 2.75) is 47.0 Å². The fourth-order valence-corrected chi connectivity index (χ4v) is 1.94. The second-order valence-electron chi connectivity index (χ2n) is 4.46. The van der Waals surface area contributed by atoms with E-state index in [2.05, 4.69) is 31.2 Å². The third-order valence-electron chi connectivity index (χ3n) is 2.45. The van der Waals surface area contributed by atoms with Crippen LogP contribution in [0.4, 0.5) is 0 Å². The van der Waals surface area contributed by atoms with Crippen LogP contribution < -0.4 is 3.53 Å². The minimum Gasteiger partial charge on any atom is -0.299 e. The van der Waals surface area contributed by atoms with Crippen LogP contribution in [0.3, 0.4) is 0 Å². The normalized spacial score (nSPS) is 15.5. The van der Waals surface area contributed by atoms with Crippen molar-refractivity contribution in [2.24, 2.45) is 11.3 Å². The number of carbonyl (C=O) groups excluding carboxylic acids is 1. The molecule has 2 nitrogen and oxygen atoms in total. The van der Waals surface area contributed by atoms with E-state index in [9.17, 15) is 4.79 Å². The molecule has 3 heteroatoms. The fraction of sp³-hybridized carbons (Fsp3) is 0.900. The Morgan fingerprint density at radius 1 is 1.54 bits per heavy atom. The first-order valence-corrected chi connectivity index (χ1v) is 5.91. The third-order valence-corrected chi connectivity index (χ3v) is 3.05. The number of hydrogen-bond acceptors (Lipinski definition) is 1. The van der Waals surface area contributed by atoms with Gasteiger partial charge in [0.05, 0.1) is 22.9 Å². The predicted octanol–water partition coefficient (Wildman–Crippen LogP) is 3.31. The molecule has 0 radical (unpaired) electrons. The van der Waals surface area contributed by atoms with Gasteiger partial charge in [0, 0.05) is 6.42 Å². The molecule has 0 aromatic rings. The van der Waals surface area contributed by atoms with Crippen LogP contribution in [0.2, 0.25) is 0 Å². The van der Waals surface area contributed by atoms with E-state index >= 15 is 0 Å². The summed E-state index contributed by atoms with van der Waals surface area (Å²) < 4.78 is 2.66. The monoisotopic (exact) mass is 297 g/mol. The summed E-state index contributed by atoms with van der Waals surface area (Å²) in [6.45, 7) is 8.76. The molecule has 0 rings (SSSR count). The van der Waals surface area contributed by atoms with Gasteiger partial charge in [-0.1, -0.05) is 34.1 Å². The van der Waals surface area contributed by atoms with Gasteiger partial charge in [0.1, 0.15) is 0 Å². The SMILES string of the molecule is CCC(C)(CC(=O)NI)CC(C)C. The average molecular weight is 297 g/mol. The molecule has 0 aliphatic carbocycles. The predicted molar refractivity (Wildman–Crippen MR) is 64.6 cm³/mol. The van der Waals surface area contributed by atoms with E-state index in [1.807, 2.05) is 22.9 Å². The van der Waals surface area contributed by atoms with Crippen LogP contribution in [-0.2, 0) is 4.79 Å². The highest BCUT2D eigenvalue weighted by atomic mass is 127. The lowest BCUT2D eigenvalue weighted by molar-refractivity contribution is -0.121. The third kappa shape index (κ3) is 5.49. The molecule has 0 aliphatic heterocycles. The van der Waals surface area contributed by atoms with E-state index in [0.717, 1.165) is 12.8 Å². The van der Waals surface area contributed by atoms with Crippen LogP contribution in [0.25, 0.3) is 0 Å². The van der Waals surface area contributed by atoms with Crippen molar-refractivity contribution in [2.75, 3.05) is 0 Å². The Morgan fingerprint density at radius 3 is 2.38 bits per heavy atom. The summed E-state index contributed by atoms with van der Waals surface area (Å²) in [6.07, 6.45) is 2.83. The molecular formula is C10H20INO. The van der Waals surface area contributed by atoms with Gasteiger partial charge in [-0.3, -0.25) is 8.32 Å². The van der Waals surface area contributed by atoms with Gasteiger partial charge < -0.3 is 0 Å². The number of halogens is 1. The fourth-order valence-electron chi connectivity index (χ4n) is 1.75. The Balaban J connectivity index is 4.18. The second kappa shape index (κ2) is 5.83. The number of rotatable bonds is 5. The van der Waals surface area contributed by atoms with Crippen molar-refractivity contribution in [3.05, 3.63) is 0 Å². The van der Waals surface area contributed by atoms with Gasteiger partial charge in [-0.25, -0.2) is 0 Å². The zero-order valence-corrected chi connectivity index (χ0v) is 11.1. The van der Waals surface area contributed by atoms with Gasteiger partial charge in [0.2, 0.25) is 5.91 Å². The lowest BCUT2D eigenvalue weighted by Gasteiger charge is -2.29. The largest absolute Gasteiger partial charge is 0.299 e. The molecule has 0 saturated heterocycles. The summed E-state index contributed by atoms with van der Waals surface area (Å²) in [5, 5.41) is 0. The Hall–Kier alpha value is 0.200. The molecular weight excluding hydrogens is 277 g/mol. The maximum absolute atomic E-state index is 11.2. The molecule has 0 fully saturated rings. The molecule has 0 heterocycles. The van der Waals surface area contributed by atoms with Crippen LogP contribution in [0.1, 0.15) is 47.0 Å². The Labute approximate surface area is 95.4 Å². The van der Waals surface area contributed by atoms with Crippen molar-refractivity contribution in [3.63, 3.8) is 0 Å². The Bertz CT molecular complexity index is 170. The first kappa shape index (κ1) is 13.2. The highest BCUT2D eigenvalue weighted by Crippen LogP contribution is 2.33. The summed E-state index contributed by atoms with van der Waals surface area (Å²) in [5.74, 6) is 0.803. The molecule has 0 saturated carbocycles. The minimum atomic E-state index is 0.144. The van der Waals surface area contributed by atoms with Gasteiger partial charge >= 0.3 is 0 Å². The number of hydrogen-bond donors (Lipinski definition) is 1. The van der Waals surface area contributed by atoms with Gasteiger partial charge in [-0.15, -0.1) is 0 Å². The molecule has 0 aromatic carbocycles. The first-order valence-electron chi connectivity index (χ1n) is 4.83. The molecule has 13 heavy (non-hydrogen) atoms. The highest BCUT2D eigenvalue weighted by Gasteiger charge is 2.26. The second-order valence-corrected chi connectivity index (χ2v) is 5.00. The minimum absolute atomic E-state index is 0.144. The van der Waals surface area contributed by atoms with E-state index in [0.29, 0.717) is 12.3 Å². The topological polar surface area (TPSA) is 29.1 Å². The standard InChI is InChI=1S/C10H20INO/c1-5-10(4,6-8(2)3)7-9(13)12-11/h8H,5-7H2,1-4H3,(H,12,13). The zero-order chi connectivity index (χ0) is 10.5. The lowest BCUT2D eigenvalue weighted by Crippen LogP contribution is -2.26. The summed E-state index contributed by atoms with van der Waals surface area (Å²) in [5.41, 5.74) is 0.170. The number of amides is 1. The van der Waals surface area contributed by atoms with Crippen molar-refractivity contribution in [3.8, 4) is 0 Å². The van der Waals surface area contributed by atoms with E-state index in [1.54, 1.807) is 0 Å². The number of carbonyl (C=O) groups is 1. The van der Waals surface area contributed by atoms with Crippen LogP contribution in [0.15, 0.2) is 0 Å². The summed E-state index contributed by atoms with van der Waals surface area (Å²) >= 11 is 1.90. The van der Waals surface area contributed by atoms with Gasteiger partial charge in [-0.05, 0) is 17.8 Å². The number of nitrogens with one attached hydrogen (secondary N) is 1. The van der Waals surface area contributed by atoms with Crippen molar-refractivity contribution in [1.82, 2.24) is 3.53 Å². The van der Waals surface area contributed by atoms with E-state index in [1.165, 1.54) is 0 Å². The maximum Gasteiger partial charge on any atom is 0.229 e. The van der Waals surface area contributed by atoms with Gasteiger partial charge in [-0.2, -0.15) is 0 Å². The van der Waals surface area contributed by atoms with Crippen LogP contribution in [0, 0.1) is 11.3 Å². The van der Waals surface area contributed by atoms with Gasteiger partial charge in [0.25, 0.3) is 0 Å². The molecule has 1 unspecified atom stereocenters. The first-order chi connectivity index (χ1) is 5.93. The quantitative estimate of drug-likeness (QED) is 0.612. The van der Waals surface area contributed by atoms with E-state index in [-0.39, 0.29) is 11.3 Å². The van der Waals surface area contributed by atoms with E-state index < -0.39 is 0 Å². The molecule has 1 N–H and O–H groups in total. The van der Waals surface area contributed by atoms with Gasteiger partial charge in [0.15, 0.2) is 0 Å². The zero-order valence-electron chi connectivity index (χ0n) is 8.98. The molecule has 78 valence electrons. The summed E-state index contributed by atoms with van der Waals surface area (Å²) in [4.78, 5) is 11.2. The van der Waals surface area contributed by atoms with Crippen molar-refractivity contribution < 1.29 is 4.79 Å². The molecule has 1 amide bonds. The summed E-state index contributed by atoms with van der Waals surface area (Å²) in [7, 11) is 0. The van der Waals surface area contributed by atoms with Crippen LogP contribution in [0.5, 0.6) is 0 Å². The maximum atomic E-state index is 11.2. The molecule has 1 atom stereocenters. The van der Waals surface area contributed by atoms with E-state index in [4.69, 9.17) is 0 Å². The summed E-state index contributed by atoms with van der Waals surface area (Å²) in [6, 6.07) is 0. The Kier molecular flexibility index (Phi) is 5.92. The Morgan fingerprint density at radius 2 is 2.08 bits per heavy atom. The highest BCUT2D eigenvalue weighted by molar-refractivity contribution is 14.1. The lowest BCUT2D eigenvalue weighted by atomic mass is 9.77. The molecule has 0 aliphatic rings.